The number of nitrogens with one attached hydrogen (secondary N) is 1. The number of aryl methyl sites for hydroxylation is 1. The molecule has 0 atom stereocenters. The molecule has 0 saturated carbocycles. The van der Waals surface area contributed by atoms with E-state index in [1.165, 1.54) is 17.7 Å². The number of hydrogen-bond donors (Lipinski definition) is 1. The predicted molar refractivity (Wildman–Crippen MR) is 109 cm³/mol. The van der Waals surface area contributed by atoms with Crippen LogP contribution in [0.2, 0.25) is 0 Å². The van der Waals surface area contributed by atoms with E-state index in [0.29, 0.717) is 12.0 Å². The van der Waals surface area contributed by atoms with Crippen LogP contribution in [0.5, 0.6) is 0 Å². The maximum atomic E-state index is 5.15. The third kappa shape index (κ3) is 5.08. The summed E-state index contributed by atoms with van der Waals surface area (Å²) in [5.41, 5.74) is 3.89. The van der Waals surface area contributed by atoms with Gasteiger partial charge in [0.1, 0.15) is 0 Å². The van der Waals surface area contributed by atoms with E-state index in [9.17, 15) is 0 Å². The van der Waals surface area contributed by atoms with Crippen LogP contribution >= 0.6 is 24.0 Å². The molecule has 24 heavy (non-hydrogen) atoms. The molecule has 0 aliphatic carbocycles. The van der Waals surface area contributed by atoms with E-state index in [-0.39, 0.29) is 24.0 Å². The largest absolute Gasteiger partial charge is 0.383 e. The summed E-state index contributed by atoms with van der Waals surface area (Å²) >= 11 is 0. The summed E-state index contributed by atoms with van der Waals surface area (Å²) in [4.78, 5) is 6.80. The van der Waals surface area contributed by atoms with Gasteiger partial charge in [-0.1, -0.05) is 13.8 Å². The molecule has 0 spiro atoms. The lowest BCUT2D eigenvalue weighted by molar-refractivity contribution is 0.182. The van der Waals surface area contributed by atoms with Crippen LogP contribution in [0, 0.1) is 19.3 Å². The van der Waals surface area contributed by atoms with Crippen molar-refractivity contribution in [3.05, 3.63) is 17.0 Å². The van der Waals surface area contributed by atoms with Gasteiger partial charge in [0.25, 0.3) is 0 Å². The molecule has 6 nitrogen and oxygen atoms in total. The van der Waals surface area contributed by atoms with Gasteiger partial charge < -0.3 is 15.0 Å². The first-order chi connectivity index (χ1) is 10.9. The van der Waals surface area contributed by atoms with Gasteiger partial charge >= 0.3 is 0 Å². The highest BCUT2D eigenvalue weighted by atomic mass is 127. The number of ether oxygens (including phenoxy) is 1. The number of aliphatic imine (C=N–C) groups is 1. The molecular weight excluding hydrogens is 417 g/mol. The Morgan fingerprint density at radius 2 is 2.08 bits per heavy atom. The van der Waals surface area contributed by atoms with Gasteiger partial charge in [0.15, 0.2) is 5.96 Å². The highest BCUT2D eigenvalue weighted by Gasteiger charge is 2.30. The molecule has 0 radical (unpaired) electrons. The zero-order valence-corrected chi connectivity index (χ0v) is 18.2. The third-order valence-electron chi connectivity index (χ3n) is 4.65. The monoisotopic (exact) mass is 449 g/mol. The van der Waals surface area contributed by atoms with Gasteiger partial charge in [-0.15, -0.1) is 24.0 Å². The van der Waals surface area contributed by atoms with E-state index >= 15 is 0 Å². The van der Waals surface area contributed by atoms with Crippen molar-refractivity contribution >= 4 is 29.9 Å². The molecule has 1 aliphatic rings. The average Bonchev–Trinajstić information content (AvgIpc) is 2.99. The SMILES string of the molecule is CN=C(NCc1c(C)nn(CCOC)c1C)N1CCC(C)(C)C1.I. The first kappa shape index (κ1) is 21.2. The van der Waals surface area contributed by atoms with Crippen molar-refractivity contribution in [1.82, 2.24) is 20.0 Å². The van der Waals surface area contributed by atoms with Crippen molar-refractivity contribution in [3.8, 4) is 0 Å². The average molecular weight is 449 g/mol. The molecular formula is C17H32IN5O. The lowest BCUT2D eigenvalue weighted by Crippen LogP contribution is -2.40. The number of rotatable bonds is 5. The van der Waals surface area contributed by atoms with Gasteiger partial charge in [0.2, 0.25) is 0 Å². The van der Waals surface area contributed by atoms with E-state index in [4.69, 9.17) is 4.74 Å². The Hall–Kier alpha value is -0.830. The molecule has 0 aromatic carbocycles. The van der Waals surface area contributed by atoms with Gasteiger partial charge in [0, 0.05) is 45.0 Å². The standard InChI is InChI=1S/C17H31N5O.HI/c1-13-15(14(2)22(20-13)9-10-23-6)11-19-16(18-5)21-8-7-17(3,4)12-21;/h7-12H2,1-6H3,(H,18,19);1H. The minimum atomic E-state index is 0. The maximum Gasteiger partial charge on any atom is 0.193 e. The van der Waals surface area contributed by atoms with Gasteiger partial charge in [-0.3, -0.25) is 9.67 Å². The van der Waals surface area contributed by atoms with Crippen LogP contribution in [0.3, 0.4) is 0 Å². The summed E-state index contributed by atoms with van der Waals surface area (Å²) in [6, 6.07) is 0. The molecule has 0 amide bonds. The molecule has 1 aromatic heterocycles. The maximum absolute atomic E-state index is 5.15. The Kier molecular flexibility index (Phi) is 7.98. The highest BCUT2D eigenvalue weighted by Crippen LogP contribution is 2.28. The second-order valence-electron chi connectivity index (χ2n) is 7.10. The number of guanidine groups is 1. The summed E-state index contributed by atoms with van der Waals surface area (Å²) in [5.74, 6) is 0.985. The fraction of sp³-hybridized carbons (Fsp3) is 0.765. The van der Waals surface area contributed by atoms with Crippen molar-refractivity contribution in [3.63, 3.8) is 0 Å². The molecule has 1 aromatic rings. The van der Waals surface area contributed by atoms with Crippen LogP contribution in [0.25, 0.3) is 0 Å². The van der Waals surface area contributed by atoms with Crippen LogP contribution in [0.15, 0.2) is 4.99 Å². The molecule has 1 fully saturated rings. The normalized spacial score (nSPS) is 17.1. The second-order valence-corrected chi connectivity index (χ2v) is 7.10. The fourth-order valence-electron chi connectivity index (χ4n) is 3.18. The van der Waals surface area contributed by atoms with Crippen LogP contribution in [-0.2, 0) is 17.8 Å². The first-order valence-electron chi connectivity index (χ1n) is 8.35. The summed E-state index contributed by atoms with van der Waals surface area (Å²) in [7, 11) is 3.57. The molecule has 2 heterocycles. The summed E-state index contributed by atoms with van der Waals surface area (Å²) in [6.45, 7) is 13.2. The lowest BCUT2D eigenvalue weighted by atomic mass is 9.93. The fourth-order valence-corrected chi connectivity index (χ4v) is 3.18. The minimum absolute atomic E-state index is 0. The molecule has 1 N–H and O–H groups in total. The van der Waals surface area contributed by atoms with E-state index < -0.39 is 0 Å². The Balaban J connectivity index is 0.00000288. The smallest absolute Gasteiger partial charge is 0.193 e. The number of hydrogen-bond acceptors (Lipinski definition) is 3. The zero-order valence-electron chi connectivity index (χ0n) is 15.8. The molecule has 0 bridgehead atoms. The Morgan fingerprint density at radius 1 is 1.38 bits per heavy atom. The number of likely N-dealkylation sites (tertiary alicyclic amines) is 1. The third-order valence-corrected chi connectivity index (χ3v) is 4.65. The van der Waals surface area contributed by atoms with Crippen LogP contribution < -0.4 is 5.32 Å². The van der Waals surface area contributed by atoms with Crippen molar-refractivity contribution in [1.29, 1.82) is 0 Å². The van der Waals surface area contributed by atoms with Crippen molar-refractivity contribution in [2.75, 3.05) is 33.9 Å². The van der Waals surface area contributed by atoms with Gasteiger partial charge in [-0.25, -0.2) is 0 Å². The molecule has 1 saturated heterocycles. The number of methoxy groups -OCH3 is 1. The highest BCUT2D eigenvalue weighted by molar-refractivity contribution is 14.0. The molecule has 7 heteroatoms. The number of nitrogens with zero attached hydrogens (tertiary/aromatic N) is 4. The van der Waals surface area contributed by atoms with Crippen molar-refractivity contribution in [2.45, 2.75) is 47.2 Å². The Bertz CT molecular complexity index is 568. The quantitative estimate of drug-likeness (QED) is 0.427. The minimum Gasteiger partial charge on any atom is -0.383 e. The molecule has 1 aliphatic heterocycles. The lowest BCUT2D eigenvalue weighted by Gasteiger charge is -2.23. The van der Waals surface area contributed by atoms with Gasteiger partial charge in [0.05, 0.1) is 18.8 Å². The van der Waals surface area contributed by atoms with Gasteiger partial charge in [-0.2, -0.15) is 5.10 Å². The van der Waals surface area contributed by atoms with Crippen LogP contribution in [0.1, 0.15) is 37.2 Å². The van der Waals surface area contributed by atoms with E-state index in [1.54, 1.807) is 7.11 Å². The number of aromatic nitrogens is 2. The topological polar surface area (TPSA) is 54.7 Å². The Labute approximate surface area is 163 Å². The second kappa shape index (κ2) is 9.03. The molecule has 0 unspecified atom stereocenters. The Morgan fingerprint density at radius 3 is 2.62 bits per heavy atom. The molecule has 138 valence electrons. The predicted octanol–water partition coefficient (Wildman–Crippen LogP) is 2.57. The van der Waals surface area contributed by atoms with Crippen LogP contribution in [-0.4, -0.2) is 54.5 Å². The molecule has 2 rings (SSSR count). The van der Waals surface area contributed by atoms with Gasteiger partial charge in [-0.05, 0) is 25.7 Å². The van der Waals surface area contributed by atoms with E-state index in [2.05, 4.69) is 48.0 Å². The van der Waals surface area contributed by atoms with E-state index in [1.807, 2.05) is 11.7 Å². The summed E-state index contributed by atoms with van der Waals surface area (Å²) < 4.78 is 7.18. The van der Waals surface area contributed by atoms with Crippen LogP contribution in [0.4, 0.5) is 0 Å². The first-order valence-corrected chi connectivity index (χ1v) is 8.35. The number of halogens is 1. The van der Waals surface area contributed by atoms with Crippen molar-refractivity contribution in [2.24, 2.45) is 10.4 Å². The van der Waals surface area contributed by atoms with E-state index in [0.717, 1.165) is 37.8 Å². The summed E-state index contributed by atoms with van der Waals surface area (Å²) in [5, 5.41) is 8.12. The zero-order chi connectivity index (χ0) is 17.0. The summed E-state index contributed by atoms with van der Waals surface area (Å²) in [6.07, 6.45) is 1.21. The van der Waals surface area contributed by atoms with Crippen molar-refractivity contribution < 1.29 is 4.74 Å².